The monoisotopic (exact) mass is 456 g/mol. The molecule has 0 radical (unpaired) electrons. The first-order valence-electron chi connectivity index (χ1n) is 12.6. The summed E-state index contributed by atoms with van der Waals surface area (Å²) in [7, 11) is 1.66. The molecule has 1 amide bonds. The molecule has 2 aromatic heterocycles. The molecule has 34 heavy (non-hydrogen) atoms. The van der Waals surface area contributed by atoms with Gasteiger partial charge < -0.3 is 14.5 Å². The summed E-state index contributed by atoms with van der Waals surface area (Å²) in [4.78, 5) is 26.9. The van der Waals surface area contributed by atoms with Gasteiger partial charge in [0, 0.05) is 56.0 Å². The minimum absolute atomic E-state index is 0.228. The van der Waals surface area contributed by atoms with Gasteiger partial charge in [0.15, 0.2) is 0 Å². The summed E-state index contributed by atoms with van der Waals surface area (Å²) < 4.78 is 5.15. The summed E-state index contributed by atoms with van der Waals surface area (Å²) in [6, 6.07) is 13.3. The predicted molar refractivity (Wildman–Crippen MR) is 134 cm³/mol. The number of hydrogen-bond acceptors (Lipinski definition) is 5. The van der Waals surface area contributed by atoms with Crippen molar-refractivity contribution in [2.75, 3.05) is 38.3 Å². The zero-order valence-electron chi connectivity index (χ0n) is 19.8. The second-order valence-corrected chi connectivity index (χ2v) is 9.96. The second-order valence-electron chi connectivity index (χ2n) is 9.96. The average molecular weight is 457 g/mol. The van der Waals surface area contributed by atoms with Crippen molar-refractivity contribution in [2.24, 2.45) is 5.92 Å². The van der Waals surface area contributed by atoms with Gasteiger partial charge in [0.05, 0.1) is 24.8 Å². The van der Waals surface area contributed by atoms with Crippen LogP contribution in [0.15, 0.2) is 48.8 Å². The number of carbonyl (C=O) groups is 1. The number of fused-ring (bicyclic) bond motifs is 1. The van der Waals surface area contributed by atoms with Crippen LogP contribution in [0.2, 0.25) is 0 Å². The van der Waals surface area contributed by atoms with Crippen LogP contribution in [0.5, 0.6) is 0 Å². The fourth-order valence-electron chi connectivity index (χ4n) is 5.44. The molecular weight excluding hydrogens is 424 g/mol. The maximum Gasteiger partial charge on any atom is 0.225 e. The molecule has 0 N–H and O–H groups in total. The Kier molecular flexibility index (Phi) is 5.69. The van der Waals surface area contributed by atoms with E-state index in [4.69, 9.17) is 9.72 Å². The molecule has 1 atom stereocenters. The number of nitrogens with zero attached hydrogens (tertiary/aromatic N) is 4. The highest BCUT2D eigenvalue weighted by Crippen LogP contribution is 2.45. The van der Waals surface area contributed by atoms with Crippen LogP contribution in [0.3, 0.4) is 0 Å². The summed E-state index contributed by atoms with van der Waals surface area (Å²) >= 11 is 0. The highest BCUT2D eigenvalue weighted by Gasteiger charge is 2.41. The molecule has 1 aliphatic heterocycles. The molecule has 3 fully saturated rings. The normalized spacial score (nSPS) is 20.7. The first-order chi connectivity index (χ1) is 16.7. The smallest absolute Gasteiger partial charge is 0.225 e. The van der Waals surface area contributed by atoms with E-state index in [0.717, 1.165) is 30.8 Å². The largest absolute Gasteiger partial charge is 0.384 e. The van der Waals surface area contributed by atoms with Crippen molar-refractivity contribution in [3.05, 3.63) is 54.5 Å². The summed E-state index contributed by atoms with van der Waals surface area (Å²) in [6.07, 6.45) is 9.15. The summed E-state index contributed by atoms with van der Waals surface area (Å²) in [5.74, 6) is 2.46. The molecule has 1 aromatic carbocycles. The van der Waals surface area contributed by atoms with Crippen LogP contribution in [0.1, 0.15) is 43.7 Å². The fraction of sp³-hybridized carbons (Fsp3) is 0.464. The van der Waals surface area contributed by atoms with Gasteiger partial charge in [0.2, 0.25) is 5.91 Å². The minimum atomic E-state index is 0.228. The van der Waals surface area contributed by atoms with Crippen molar-refractivity contribution in [2.45, 2.75) is 44.1 Å². The van der Waals surface area contributed by atoms with Crippen LogP contribution < -0.4 is 4.90 Å². The van der Waals surface area contributed by atoms with Crippen molar-refractivity contribution in [3.8, 4) is 11.1 Å². The summed E-state index contributed by atoms with van der Waals surface area (Å²) in [6.45, 7) is 2.97. The molecule has 3 aromatic rings. The Morgan fingerprint density at radius 1 is 1.06 bits per heavy atom. The number of amides is 1. The Balaban J connectivity index is 1.29. The standard InChI is InChI=1S/C28H32N4O2/c1-34-16-12-27(33)32-15-14-31(18-25(32)19-5-6-19)26-10-9-24(28(30-26)20-7-8-20)23-4-2-3-21-17-29-13-11-22(21)23/h2-4,9-11,13,17,19-20,25H,5-8,12,14-16,18H2,1H3. The molecular formula is C28H32N4O2. The molecule has 2 saturated carbocycles. The Bertz CT molecular complexity index is 1200. The molecule has 0 bridgehead atoms. The zero-order chi connectivity index (χ0) is 23.1. The molecule has 176 valence electrons. The van der Waals surface area contributed by atoms with Crippen LogP contribution >= 0.6 is 0 Å². The van der Waals surface area contributed by atoms with Crippen molar-refractivity contribution in [3.63, 3.8) is 0 Å². The lowest BCUT2D eigenvalue weighted by molar-refractivity contribution is -0.135. The molecule has 6 nitrogen and oxygen atoms in total. The SMILES string of the molecule is COCCC(=O)N1CCN(c2ccc(-c3cccc4cnccc34)c(C3CC3)n2)CC1C1CC1. The number of carbonyl (C=O) groups excluding carboxylic acids is 1. The molecule has 3 heterocycles. The van der Waals surface area contributed by atoms with Crippen LogP contribution in [-0.2, 0) is 9.53 Å². The van der Waals surface area contributed by atoms with E-state index in [-0.39, 0.29) is 11.9 Å². The number of rotatable bonds is 7. The second kappa shape index (κ2) is 8.99. The quantitative estimate of drug-likeness (QED) is 0.519. The molecule has 2 aliphatic carbocycles. The van der Waals surface area contributed by atoms with Gasteiger partial charge in [0.1, 0.15) is 5.82 Å². The summed E-state index contributed by atoms with van der Waals surface area (Å²) in [5.41, 5.74) is 3.71. The van der Waals surface area contributed by atoms with Crippen LogP contribution in [0, 0.1) is 5.92 Å². The minimum Gasteiger partial charge on any atom is -0.384 e. The number of hydrogen-bond donors (Lipinski definition) is 0. The number of piperazine rings is 1. The van der Waals surface area contributed by atoms with Gasteiger partial charge in [-0.25, -0.2) is 4.98 Å². The Morgan fingerprint density at radius 3 is 2.74 bits per heavy atom. The van der Waals surface area contributed by atoms with Crippen molar-refractivity contribution in [1.82, 2.24) is 14.9 Å². The number of benzene rings is 1. The van der Waals surface area contributed by atoms with Crippen LogP contribution in [0.4, 0.5) is 5.82 Å². The number of ether oxygens (including phenoxy) is 1. The van der Waals surface area contributed by atoms with Crippen molar-refractivity contribution in [1.29, 1.82) is 0 Å². The summed E-state index contributed by atoms with van der Waals surface area (Å²) in [5, 5.41) is 2.39. The van der Waals surface area contributed by atoms with Gasteiger partial charge >= 0.3 is 0 Å². The molecule has 6 heteroatoms. The maximum absolute atomic E-state index is 12.8. The van der Waals surface area contributed by atoms with Gasteiger partial charge in [-0.15, -0.1) is 0 Å². The maximum atomic E-state index is 12.8. The Labute approximate surface area is 200 Å². The first kappa shape index (κ1) is 21.5. The molecule has 0 spiro atoms. The van der Waals surface area contributed by atoms with E-state index >= 15 is 0 Å². The molecule has 1 unspecified atom stereocenters. The van der Waals surface area contributed by atoms with Crippen molar-refractivity contribution < 1.29 is 9.53 Å². The third-order valence-corrected chi connectivity index (χ3v) is 7.59. The van der Waals surface area contributed by atoms with Crippen LogP contribution in [0.25, 0.3) is 21.9 Å². The van der Waals surface area contributed by atoms with Crippen molar-refractivity contribution >= 4 is 22.5 Å². The highest BCUT2D eigenvalue weighted by atomic mass is 16.5. The molecule has 6 rings (SSSR count). The van der Waals surface area contributed by atoms with E-state index < -0.39 is 0 Å². The lowest BCUT2D eigenvalue weighted by Crippen LogP contribution is -2.56. The number of anilines is 1. The molecule has 1 saturated heterocycles. The van der Waals surface area contributed by atoms with E-state index in [1.807, 2.05) is 12.4 Å². The van der Waals surface area contributed by atoms with E-state index in [2.05, 4.69) is 51.2 Å². The van der Waals surface area contributed by atoms with Gasteiger partial charge in [-0.05, 0) is 60.7 Å². The average Bonchev–Trinajstić information content (AvgIpc) is 3.79. The van der Waals surface area contributed by atoms with Gasteiger partial charge in [0.25, 0.3) is 0 Å². The van der Waals surface area contributed by atoms with E-state index in [9.17, 15) is 4.79 Å². The van der Waals surface area contributed by atoms with Gasteiger partial charge in [-0.1, -0.05) is 18.2 Å². The number of methoxy groups -OCH3 is 1. The fourth-order valence-corrected chi connectivity index (χ4v) is 5.44. The highest BCUT2D eigenvalue weighted by molar-refractivity contribution is 5.96. The van der Waals surface area contributed by atoms with E-state index in [1.165, 1.54) is 47.9 Å². The lowest BCUT2D eigenvalue weighted by Gasteiger charge is -2.42. The van der Waals surface area contributed by atoms with Crippen LogP contribution in [-0.4, -0.2) is 60.2 Å². The van der Waals surface area contributed by atoms with Gasteiger partial charge in [-0.2, -0.15) is 0 Å². The van der Waals surface area contributed by atoms with Gasteiger partial charge in [-0.3, -0.25) is 9.78 Å². The third kappa shape index (κ3) is 4.16. The number of pyridine rings is 2. The third-order valence-electron chi connectivity index (χ3n) is 7.59. The predicted octanol–water partition coefficient (Wildman–Crippen LogP) is 4.64. The lowest BCUT2D eigenvalue weighted by atomic mass is 9.96. The Morgan fingerprint density at radius 2 is 1.94 bits per heavy atom. The first-order valence-corrected chi connectivity index (χ1v) is 12.6. The van der Waals surface area contributed by atoms with E-state index in [1.54, 1.807) is 7.11 Å². The Hall–Kier alpha value is -2.99. The molecule has 3 aliphatic rings. The van der Waals surface area contributed by atoms with E-state index in [0.29, 0.717) is 24.9 Å². The zero-order valence-corrected chi connectivity index (χ0v) is 19.8. The topological polar surface area (TPSA) is 58.6 Å². The number of aromatic nitrogens is 2.